The van der Waals surface area contributed by atoms with Gasteiger partial charge in [0.25, 0.3) is 0 Å². The number of halogens is 1. The molecule has 17 heavy (non-hydrogen) atoms. The normalized spacial score (nSPS) is 11.4. The maximum Gasteiger partial charge on any atom is 0.228 e. The first-order chi connectivity index (χ1) is 7.84. The number of nitrogens with zero attached hydrogens (tertiary/aromatic N) is 1. The summed E-state index contributed by atoms with van der Waals surface area (Å²) in [5.74, 6) is 0.486. The number of anilines is 1. The molecule has 0 bridgehead atoms. The molecule has 5 heteroatoms. The van der Waals surface area contributed by atoms with Gasteiger partial charge in [0.1, 0.15) is 5.82 Å². The smallest absolute Gasteiger partial charge is 0.228 e. The number of hydrogen-bond acceptors (Lipinski definition) is 3. The number of methoxy groups -OCH3 is 1. The Bertz CT molecular complexity index is 419. The van der Waals surface area contributed by atoms with E-state index in [1.165, 1.54) is 0 Å². The second kappa shape index (κ2) is 5.60. The Morgan fingerprint density at radius 3 is 2.76 bits per heavy atom. The van der Waals surface area contributed by atoms with Crippen LogP contribution in [-0.2, 0) is 9.53 Å². The maximum atomic E-state index is 11.8. The first kappa shape index (κ1) is 14.1. The van der Waals surface area contributed by atoms with Gasteiger partial charge >= 0.3 is 0 Å². The Morgan fingerprint density at radius 2 is 2.24 bits per heavy atom. The van der Waals surface area contributed by atoms with E-state index in [2.05, 4.69) is 26.2 Å². The molecule has 0 aliphatic heterocycles. The zero-order chi connectivity index (χ0) is 13.1. The summed E-state index contributed by atoms with van der Waals surface area (Å²) >= 11 is 3.33. The van der Waals surface area contributed by atoms with Crippen molar-refractivity contribution in [3.8, 4) is 0 Å². The van der Waals surface area contributed by atoms with Gasteiger partial charge in [0, 0.05) is 17.8 Å². The summed E-state index contributed by atoms with van der Waals surface area (Å²) in [6.07, 6.45) is 1.95. The van der Waals surface area contributed by atoms with Crippen LogP contribution in [0.25, 0.3) is 0 Å². The Labute approximate surface area is 110 Å². The minimum atomic E-state index is -0.465. The fraction of sp³-hybridized carbons (Fsp3) is 0.500. The van der Waals surface area contributed by atoms with E-state index in [9.17, 15) is 4.79 Å². The Kier molecular flexibility index (Phi) is 4.65. The third kappa shape index (κ3) is 4.44. The number of carbonyl (C=O) groups excluding carboxylic acids is 1. The second-order valence-corrected chi connectivity index (χ2v) is 5.42. The van der Waals surface area contributed by atoms with Crippen LogP contribution in [0, 0.1) is 6.92 Å². The van der Waals surface area contributed by atoms with Crippen LogP contribution in [0.2, 0.25) is 0 Å². The van der Waals surface area contributed by atoms with E-state index in [1.807, 2.05) is 26.8 Å². The minimum Gasteiger partial charge on any atom is -0.378 e. The number of nitrogens with one attached hydrogen (secondary N) is 1. The van der Waals surface area contributed by atoms with E-state index in [4.69, 9.17) is 4.74 Å². The van der Waals surface area contributed by atoms with Crippen LogP contribution in [0.4, 0.5) is 5.82 Å². The van der Waals surface area contributed by atoms with Gasteiger partial charge in [-0.05, 0) is 48.3 Å². The van der Waals surface area contributed by atoms with Gasteiger partial charge in [-0.15, -0.1) is 0 Å². The summed E-state index contributed by atoms with van der Waals surface area (Å²) in [6.45, 7) is 5.64. The Hall–Kier alpha value is -0.940. The monoisotopic (exact) mass is 300 g/mol. The van der Waals surface area contributed by atoms with Crippen LogP contribution < -0.4 is 5.32 Å². The van der Waals surface area contributed by atoms with Crippen LogP contribution in [0.15, 0.2) is 16.7 Å². The number of carbonyl (C=O) groups is 1. The lowest BCUT2D eigenvalue weighted by molar-refractivity contribution is -0.121. The van der Waals surface area contributed by atoms with Crippen molar-refractivity contribution in [2.75, 3.05) is 12.4 Å². The van der Waals surface area contributed by atoms with Gasteiger partial charge in [-0.25, -0.2) is 4.98 Å². The highest BCUT2D eigenvalue weighted by Gasteiger charge is 2.21. The summed E-state index contributed by atoms with van der Waals surface area (Å²) in [5.41, 5.74) is 0.454. The molecule has 1 amide bonds. The molecule has 1 rings (SSSR count). The molecule has 0 aliphatic carbocycles. The number of aromatic nitrogens is 1. The SMILES string of the molecule is COC(C)(C)CC(=O)Nc1ncc(Br)cc1C. The van der Waals surface area contributed by atoms with Gasteiger partial charge in [0.05, 0.1) is 12.0 Å². The van der Waals surface area contributed by atoms with Crippen LogP contribution in [0.5, 0.6) is 0 Å². The standard InChI is InChI=1S/C12H17BrN2O2/c1-8-5-9(13)7-14-11(8)15-10(16)6-12(2,3)17-4/h5,7H,6H2,1-4H3,(H,14,15,16). The third-order valence-electron chi connectivity index (χ3n) is 2.44. The molecule has 0 unspecified atom stereocenters. The van der Waals surface area contributed by atoms with Crippen LogP contribution in [-0.4, -0.2) is 23.6 Å². The molecular formula is C12H17BrN2O2. The highest BCUT2D eigenvalue weighted by atomic mass is 79.9. The van der Waals surface area contributed by atoms with Crippen molar-refractivity contribution in [1.82, 2.24) is 4.98 Å². The number of hydrogen-bond donors (Lipinski definition) is 1. The molecule has 0 saturated carbocycles. The molecule has 0 saturated heterocycles. The molecule has 1 aromatic heterocycles. The van der Waals surface area contributed by atoms with Crippen molar-refractivity contribution in [2.24, 2.45) is 0 Å². The maximum absolute atomic E-state index is 11.8. The molecule has 0 spiro atoms. The van der Waals surface area contributed by atoms with E-state index in [1.54, 1.807) is 13.3 Å². The Balaban J connectivity index is 2.69. The average Bonchev–Trinajstić information content (AvgIpc) is 2.21. The van der Waals surface area contributed by atoms with E-state index in [-0.39, 0.29) is 5.91 Å². The minimum absolute atomic E-state index is 0.102. The number of aryl methyl sites for hydroxylation is 1. The predicted molar refractivity (Wildman–Crippen MR) is 71.0 cm³/mol. The van der Waals surface area contributed by atoms with Gasteiger partial charge in [0.15, 0.2) is 0 Å². The van der Waals surface area contributed by atoms with Crippen molar-refractivity contribution in [3.63, 3.8) is 0 Å². The second-order valence-electron chi connectivity index (χ2n) is 4.51. The zero-order valence-corrected chi connectivity index (χ0v) is 12.1. The molecule has 0 radical (unpaired) electrons. The first-order valence-corrected chi connectivity index (χ1v) is 6.10. The lowest BCUT2D eigenvalue weighted by Crippen LogP contribution is -2.29. The topological polar surface area (TPSA) is 51.2 Å². The summed E-state index contributed by atoms with van der Waals surface area (Å²) < 4.78 is 6.10. The van der Waals surface area contributed by atoms with Crippen LogP contribution in [0.1, 0.15) is 25.8 Å². The molecule has 0 fully saturated rings. The van der Waals surface area contributed by atoms with E-state index < -0.39 is 5.60 Å². The lowest BCUT2D eigenvalue weighted by atomic mass is 10.0. The fourth-order valence-corrected chi connectivity index (χ4v) is 1.75. The predicted octanol–water partition coefficient (Wildman–Crippen LogP) is 2.91. The lowest BCUT2D eigenvalue weighted by Gasteiger charge is -2.22. The number of rotatable bonds is 4. The number of ether oxygens (including phenoxy) is 1. The molecule has 0 atom stereocenters. The van der Waals surface area contributed by atoms with Gasteiger partial charge in [-0.1, -0.05) is 0 Å². The van der Waals surface area contributed by atoms with Gasteiger partial charge in [0.2, 0.25) is 5.91 Å². The van der Waals surface area contributed by atoms with E-state index in [0.29, 0.717) is 12.2 Å². The van der Waals surface area contributed by atoms with Crippen molar-refractivity contribution >= 4 is 27.7 Å². The van der Waals surface area contributed by atoms with Crippen LogP contribution in [0.3, 0.4) is 0 Å². The highest BCUT2D eigenvalue weighted by molar-refractivity contribution is 9.10. The van der Waals surface area contributed by atoms with Gasteiger partial charge < -0.3 is 10.1 Å². The molecule has 1 heterocycles. The quantitative estimate of drug-likeness (QED) is 0.930. The molecule has 0 aromatic carbocycles. The summed E-state index contributed by atoms with van der Waals surface area (Å²) in [7, 11) is 1.59. The average molecular weight is 301 g/mol. The molecule has 4 nitrogen and oxygen atoms in total. The fourth-order valence-electron chi connectivity index (χ4n) is 1.31. The first-order valence-electron chi connectivity index (χ1n) is 5.31. The van der Waals surface area contributed by atoms with Crippen molar-refractivity contribution in [3.05, 3.63) is 22.3 Å². The Morgan fingerprint density at radius 1 is 1.59 bits per heavy atom. The van der Waals surface area contributed by atoms with Crippen molar-refractivity contribution in [1.29, 1.82) is 0 Å². The third-order valence-corrected chi connectivity index (χ3v) is 2.88. The van der Waals surface area contributed by atoms with E-state index >= 15 is 0 Å². The van der Waals surface area contributed by atoms with Crippen LogP contribution >= 0.6 is 15.9 Å². The summed E-state index contributed by atoms with van der Waals surface area (Å²) in [6, 6.07) is 1.91. The van der Waals surface area contributed by atoms with E-state index in [0.717, 1.165) is 10.0 Å². The molecule has 1 N–H and O–H groups in total. The van der Waals surface area contributed by atoms with Crippen molar-refractivity contribution < 1.29 is 9.53 Å². The molecule has 0 aliphatic rings. The summed E-state index contributed by atoms with van der Waals surface area (Å²) in [5, 5.41) is 2.78. The van der Waals surface area contributed by atoms with Gasteiger partial charge in [-0.3, -0.25) is 4.79 Å². The molecule has 94 valence electrons. The zero-order valence-electron chi connectivity index (χ0n) is 10.5. The summed E-state index contributed by atoms with van der Waals surface area (Å²) in [4.78, 5) is 15.9. The van der Waals surface area contributed by atoms with Crippen molar-refractivity contribution in [2.45, 2.75) is 32.8 Å². The largest absolute Gasteiger partial charge is 0.378 e. The molecule has 1 aromatic rings. The highest BCUT2D eigenvalue weighted by Crippen LogP contribution is 2.18. The number of pyridine rings is 1. The molecular weight excluding hydrogens is 284 g/mol. The number of amides is 1. The van der Waals surface area contributed by atoms with Gasteiger partial charge in [-0.2, -0.15) is 0 Å².